The van der Waals surface area contributed by atoms with Gasteiger partial charge in [-0.05, 0) is 0 Å². The van der Waals surface area contributed by atoms with Crippen molar-refractivity contribution in [1.29, 1.82) is 0 Å². The minimum absolute atomic E-state index is 1.37. The zero-order valence-electron chi connectivity index (χ0n) is 23.8. The second-order valence-electron chi connectivity index (χ2n) is 10.5. The molecule has 0 bridgehead atoms. The zero-order valence-corrected chi connectivity index (χ0v) is 23.8. The normalized spacial score (nSPS) is 10.9. The van der Waals surface area contributed by atoms with Gasteiger partial charge in [-0.1, -0.05) is 207 Å². The Bertz CT molecular complexity index is 243. The molecule has 0 atom stereocenters. The van der Waals surface area contributed by atoms with Crippen LogP contribution in [-0.2, 0) is 0 Å². The van der Waals surface area contributed by atoms with E-state index in [1.165, 1.54) is 180 Å². The summed E-state index contributed by atoms with van der Waals surface area (Å²) in [6.45, 7) is 9.16. The maximum Gasteiger partial charge on any atom is -0.0533 e. The molecule has 196 valence electrons. The van der Waals surface area contributed by atoms with Crippen LogP contribution < -0.4 is 0 Å². The van der Waals surface area contributed by atoms with Gasteiger partial charge >= 0.3 is 0 Å². The molecule has 0 saturated carbocycles. The minimum Gasteiger partial charge on any atom is -0.0654 e. The highest BCUT2D eigenvalue weighted by molar-refractivity contribution is 4.49. The van der Waals surface area contributed by atoms with Crippen LogP contribution in [0.25, 0.3) is 0 Å². The van der Waals surface area contributed by atoms with Crippen LogP contribution in [0, 0.1) is 0 Å². The van der Waals surface area contributed by atoms with Crippen molar-refractivity contribution in [2.24, 2.45) is 0 Å². The molecule has 0 saturated heterocycles. The number of rotatable bonds is 26. The summed E-state index contributed by atoms with van der Waals surface area (Å²) in [6.07, 6.45) is 40.8. The molecule has 0 rings (SSSR count). The lowest BCUT2D eigenvalue weighted by Crippen LogP contribution is -1.82. The smallest absolute Gasteiger partial charge is 0.0533 e. The van der Waals surface area contributed by atoms with E-state index in [4.69, 9.17) is 0 Å². The van der Waals surface area contributed by atoms with E-state index in [1.54, 1.807) is 0 Å². The maximum absolute atomic E-state index is 2.29. The van der Waals surface area contributed by atoms with Gasteiger partial charge in [-0.15, -0.1) is 0 Å². The van der Waals surface area contributed by atoms with Crippen molar-refractivity contribution in [3.63, 3.8) is 0 Å². The summed E-state index contributed by atoms with van der Waals surface area (Å²) in [5.74, 6) is 0. The highest BCUT2D eigenvalue weighted by Gasteiger charge is 1.94. The molecular weight excluding hydrogens is 384 g/mol. The van der Waals surface area contributed by atoms with E-state index in [9.17, 15) is 0 Å². The topological polar surface area (TPSA) is 0 Å². The molecule has 0 radical (unpaired) electrons. The molecule has 0 heteroatoms. The fourth-order valence-corrected chi connectivity index (χ4v) is 4.54. The molecule has 0 aliphatic heterocycles. The van der Waals surface area contributed by atoms with E-state index in [2.05, 4.69) is 27.7 Å². The molecule has 0 amide bonds. The van der Waals surface area contributed by atoms with Crippen molar-refractivity contribution in [2.45, 2.75) is 207 Å². The van der Waals surface area contributed by atoms with Crippen molar-refractivity contribution >= 4 is 0 Å². The Morgan fingerprint density at radius 3 is 0.344 bits per heavy atom. The molecule has 0 spiro atoms. The first-order valence-electron chi connectivity index (χ1n) is 15.8. The fraction of sp³-hybridized carbons (Fsp3) is 1.00. The average molecular weight is 453 g/mol. The van der Waals surface area contributed by atoms with Gasteiger partial charge in [-0.3, -0.25) is 0 Å². The second kappa shape index (κ2) is 35.6. The SMILES string of the molecule is CCCCCCCCCCCCCCC.CCCCCCCCCCCCCCCCC. The van der Waals surface area contributed by atoms with Gasteiger partial charge in [0.1, 0.15) is 0 Å². The number of unbranched alkanes of at least 4 members (excludes halogenated alkanes) is 26. The first-order chi connectivity index (χ1) is 15.8. The van der Waals surface area contributed by atoms with Crippen LogP contribution >= 0.6 is 0 Å². The maximum atomic E-state index is 2.29. The molecule has 0 aromatic heterocycles. The predicted molar refractivity (Wildman–Crippen MR) is 152 cm³/mol. The molecule has 0 aliphatic carbocycles. The van der Waals surface area contributed by atoms with Crippen molar-refractivity contribution in [1.82, 2.24) is 0 Å². The van der Waals surface area contributed by atoms with E-state index in [0.717, 1.165) is 0 Å². The Morgan fingerprint density at radius 2 is 0.250 bits per heavy atom. The average Bonchev–Trinajstić information content (AvgIpc) is 2.81. The van der Waals surface area contributed by atoms with Crippen LogP contribution in [0.4, 0.5) is 0 Å². The summed E-state index contributed by atoms with van der Waals surface area (Å²) in [7, 11) is 0. The van der Waals surface area contributed by atoms with E-state index < -0.39 is 0 Å². The lowest BCUT2D eigenvalue weighted by atomic mass is 10.0. The van der Waals surface area contributed by atoms with Gasteiger partial charge in [0.2, 0.25) is 0 Å². The Balaban J connectivity index is 0. The Hall–Kier alpha value is 0. The molecule has 0 nitrogen and oxygen atoms in total. The van der Waals surface area contributed by atoms with Gasteiger partial charge in [-0.25, -0.2) is 0 Å². The summed E-state index contributed by atoms with van der Waals surface area (Å²) in [6, 6.07) is 0. The van der Waals surface area contributed by atoms with E-state index in [-0.39, 0.29) is 0 Å². The third kappa shape index (κ3) is 37.3. The summed E-state index contributed by atoms with van der Waals surface area (Å²) in [5.41, 5.74) is 0. The summed E-state index contributed by atoms with van der Waals surface area (Å²) >= 11 is 0. The number of hydrogen-bond donors (Lipinski definition) is 0. The molecule has 0 aromatic rings. The van der Waals surface area contributed by atoms with E-state index in [1.807, 2.05) is 0 Å². The summed E-state index contributed by atoms with van der Waals surface area (Å²) in [4.78, 5) is 0. The van der Waals surface area contributed by atoms with Crippen molar-refractivity contribution in [2.75, 3.05) is 0 Å². The van der Waals surface area contributed by atoms with Gasteiger partial charge in [0.25, 0.3) is 0 Å². The lowest BCUT2D eigenvalue weighted by molar-refractivity contribution is 0.534. The lowest BCUT2D eigenvalue weighted by Gasteiger charge is -2.02. The van der Waals surface area contributed by atoms with Gasteiger partial charge in [-0.2, -0.15) is 0 Å². The molecule has 0 fully saturated rings. The Morgan fingerprint density at radius 1 is 0.156 bits per heavy atom. The van der Waals surface area contributed by atoms with Crippen molar-refractivity contribution < 1.29 is 0 Å². The number of hydrogen-bond acceptors (Lipinski definition) is 0. The van der Waals surface area contributed by atoms with Crippen LogP contribution in [-0.4, -0.2) is 0 Å². The first kappa shape index (κ1) is 34.2. The quantitative estimate of drug-likeness (QED) is 0.114. The zero-order chi connectivity index (χ0) is 23.8. The largest absolute Gasteiger partial charge is 0.0654 e. The van der Waals surface area contributed by atoms with Crippen LogP contribution in [0.1, 0.15) is 207 Å². The second-order valence-corrected chi connectivity index (χ2v) is 10.5. The third-order valence-electron chi connectivity index (χ3n) is 6.91. The molecule has 0 aliphatic rings. The fourth-order valence-electron chi connectivity index (χ4n) is 4.54. The van der Waals surface area contributed by atoms with Crippen LogP contribution in [0.5, 0.6) is 0 Å². The molecule has 0 aromatic carbocycles. The molecule has 0 N–H and O–H groups in total. The Kier molecular flexibility index (Phi) is 38.0. The Labute approximate surface area is 207 Å². The molecule has 32 heavy (non-hydrogen) atoms. The molecule has 0 heterocycles. The van der Waals surface area contributed by atoms with Crippen molar-refractivity contribution in [3.05, 3.63) is 0 Å². The van der Waals surface area contributed by atoms with E-state index >= 15 is 0 Å². The summed E-state index contributed by atoms with van der Waals surface area (Å²) in [5, 5.41) is 0. The highest BCUT2D eigenvalue weighted by Crippen LogP contribution is 2.14. The van der Waals surface area contributed by atoms with Crippen LogP contribution in [0.3, 0.4) is 0 Å². The minimum atomic E-state index is 1.37. The monoisotopic (exact) mass is 453 g/mol. The highest BCUT2D eigenvalue weighted by atomic mass is 14.0. The summed E-state index contributed by atoms with van der Waals surface area (Å²) < 4.78 is 0. The third-order valence-corrected chi connectivity index (χ3v) is 6.91. The van der Waals surface area contributed by atoms with Gasteiger partial charge in [0, 0.05) is 0 Å². The molecular formula is C32H68. The van der Waals surface area contributed by atoms with Crippen LogP contribution in [0.15, 0.2) is 0 Å². The van der Waals surface area contributed by atoms with Gasteiger partial charge in [0.15, 0.2) is 0 Å². The molecule has 0 unspecified atom stereocenters. The predicted octanol–water partition coefficient (Wildman–Crippen LogP) is 13.0. The first-order valence-corrected chi connectivity index (χ1v) is 15.8. The van der Waals surface area contributed by atoms with Crippen molar-refractivity contribution in [3.8, 4) is 0 Å². The standard InChI is InChI=1S/C17H36.C15H32/c1-3-5-7-9-11-13-15-17-16-14-12-10-8-6-4-2;1-3-5-7-9-11-13-15-14-12-10-8-6-4-2/h3-17H2,1-2H3;3-15H2,1-2H3. The van der Waals surface area contributed by atoms with Gasteiger partial charge in [0.05, 0.1) is 0 Å². The van der Waals surface area contributed by atoms with E-state index in [0.29, 0.717) is 0 Å². The van der Waals surface area contributed by atoms with Crippen LogP contribution in [0.2, 0.25) is 0 Å². The van der Waals surface area contributed by atoms with Gasteiger partial charge < -0.3 is 0 Å².